The highest BCUT2D eigenvalue weighted by Crippen LogP contribution is 2.16. The largest absolute Gasteiger partial charge is 0.271 e. The molecule has 2 aromatic rings. The second kappa shape index (κ2) is 5.52. The molecule has 88 valence electrons. The fourth-order valence-electron chi connectivity index (χ4n) is 1.79. The molecule has 0 amide bonds. The van der Waals surface area contributed by atoms with Gasteiger partial charge >= 0.3 is 0 Å². The summed E-state index contributed by atoms with van der Waals surface area (Å²) in [5.74, 6) is 5.60. The van der Waals surface area contributed by atoms with Gasteiger partial charge in [0.25, 0.3) is 0 Å². The van der Waals surface area contributed by atoms with E-state index in [0.29, 0.717) is 0 Å². The molecule has 0 spiro atoms. The summed E-state index contributed by atoms with van der Waals surface area (Å²) in [5, 5.41) is 0. The summed E-state index contributed by atoms with van der Waals surface area (Å²) in [6, 6.07) is 9.96. The number of nitrogens with one attached hydrogen (secondary N) is 1. The maximum Gasteiger partial charge on any atom is 0.0516 e. The Balaban J connectivity index is 2.17. The van der Waals surface area contributed by atoms with Crippen molar-refractivity contribution >= 4 is 0 Å². The number of aromatic nitrogens is 2. The summed E-state index contributed by atoms with van der Waals surface area (Å²) in [4.78, 5) is 8.48. The second-order valence-corrected chi connectivity index (χ2v) is 3.98. The fraction of sp³-hybridized carbons (Fsp3) is 0.231. The Labute approximate surface area is 101 Å². The first kappa shape index (κ1) is 11.7. The van der Waals surface area contributed by atoms with Crippen LogP contribution >= 0.6 is 0 Å². The lowest BCUT2D eigenvalue weighted by Gasteiger charge is -2.16. The topological polar surface area (TPSA) is 63.8 Å². The number of rotatable bonds is 4. The zero-order valence-corrected chi connectivity index (χ0v) is 9.80. The summed E-state index contributed by atoms with van der Waals surface area (Å²) in [6.07, 6.45) is 4.36. The van der Waals surface area contributed by atoms with Crippen LogP contribution in [0.5, 0.6) is 0 Å². The monoisotopic (exact) mass is 228 g/mol. The maximum atomic E-state index is 5.60. The van der Waals surface area contributed by atoms with Gasteiger partial charge in [-0.3, -0.25) is 21.2 Å². The van der Waals surface area contributed by atoms with Crippen molar-refractivity contribution in [1.29, 1.82) is 0 Å². The predicted octanol–water partition coefficient (Wildman–Crippen LogP) is 1.53. The van der Waals surface area contributed by atoms with Crippen LogP contribution in [0.1, 0.15) is 23.0 Å². The lowest BCUT2D eigenvalue weighted by atomic mass is 10.0. The Kier molecular flexibility index (Phi) is 3.80. The van der Waals surface area contributed by atoms with Gasteiger partial charge in [0, 0.05) is 30.2 Å². The van der Waals surface area contributed by atoms with E-state index in [-0.39, 0.29) is 6.04 Å². The van der Waals surface area contributed by atoms with Crippen molar-refractivity contribution < 1.29 is 0 Å². The summed E-state index contributed by atoms with van der Waals surface area (Å²) in [6.45, 7) is 1.97. The number of nitrogens with zero attached hydrogens (tertiary/aromatic N) is 2. The highest BCUT2D eigenvalue weighted by Gasteiger charge is 2.11. The molecule has 0 saturated carbocycles. The molecule has 0 saturated heterocycles. The zero-order valence-electron chi connectivity index (χ0n) is 9.80. The molecular formula is C13H16N4. The highest BCUT2D eigenvalue weighted by molar-refractivity contribution is 5.21. The molecule has 2 heterocycles. The predicted molar refractivity (Wildman–Crippen MR) is 67.0 cm³/mol. The third kappa shape index (κ3) is 3.09. The molecule has 17 heavy (non-hydrogen) atoms. The van der Waals surface area contributed by atoms with Gasteiger partial charge in [0.2, 0.25) is 0 Å². The van der Waals surface area contributed by atoms with Crippen molar-refractivity contribution in [1.82, 2.24) is 15.4 Å². The molecule has 0 aliphatic carbocycles. The Hall–Kier alpha value is -1.78. The van der Waals surface area contributed by atoms with Crippen LogP contribution in [-0.2, 0) is 6.42 Å². The Morgan fingerprint density at radius 2 is 2.12 bits per heavy atom. The molecule has 0 aliphatic rings. The number of hydrogen-bond donors (Lipinski definition) is 2. The van der Waals surface area contributed by atoms with E-state index in [1.165, 1.54) is 0 Å². The number of pyridine rings is 2. The van der Waals surface area contributed by atoms with Crippen LogP contribution in [0.3, 0.4) is 0 Å². The first-order chi connectivity index (χ1) is 8.29. The molecular weight excluding hydrogens is 212 g/mol. The average molecular weight is 228 g/mol. The van der Waals surface area contributed by atoms with Crippen LogP contribution < -0.4 is 11.3 Å². The van der Waals surface area contributed by atoms with Gasteiger partial charge in [0.05, 0.1) is 6.04 Å². The minimum Gasteiger partial charge on any atom is -0.271 e. The van der Waals surface area contributed by atoms with Gasteiger partial charge in [-0.2, -0.15) is 0 Å². The molecule has 0 fully saturated rings. The van der Waals surface area contributed by atoms with Crippen molar-refractivity contribution in [3.63, 3.8) is 0 Å². The van der Waals surface area contributed by atoms with Crippen molar-refractivity contribution in [2.75, 3.05) is 0 Å². The molecule has 3 N–H and O–H groups in total. The van der Waals surface area contributed by atoms with E-state index in [4.69, 9.17) is 5.84 Å². The van der Waals surface area contributed by atoms with Crippen LogP contribution in [0.25, 0.3) is 0 Å². The number of hydrogen-bond acceptors (Lipinski definition) is 4. The Morgan fingerprint density at radius 1 is 1.24 bits per heavy atom. The number of nitrogens with two attached hydrogens (primary N) is 1. The van der Waals surface area contributed by atoms with E-state index in [9.17, 15) is 0 Å². The summed E-state index contributed by atoms with van der Waals surface area (Å²) in [5.41, 5.74) is 5.96. The fourth-order valence-corrected chi connectivity index (χ4v) is 1.79. The molecule has 2 aromatic heterocycles. The molecule has 1 unspecified atom stereocenters. The van der Waals surface area contributed by atoms with E-state index >= 15 is 0 Å². The maximum absolute atomic E-state index is 5.60. The molecule has 1 atom stereocenters. The normalized spacial score (nSPS) is 12.4. The van der Waals surface area contributed by atoms with Gasteiger partial charge in [0.1, 0.15) is 0 Å². The first-order valence-electron chi connectivity index (χ1n) is 5.58. The third-order valence-corrected chi connectivity index (χ3v) is 2.66. The van der Waals surface area contributed by atoms with Gasteiger partial charge in [0.15, 0.2) is 0 Å². The van der Waals surface area contributed by atoms with Crippen LogP contribution in [0, 0.1) is 6.92 Å². The van der Waals surface area contributed by atoms with E-state index in [0.717, 1.165) is 23.4 Å². The molecule has 0 aromatic carbocycles. The lowest BCUT2D eigenvalue weighted by molar-refractivity contribution is 0.545. The SMILES string of the molecule is Cc1cc(C(Cc2ccccn2)NN)ccn1. The van der Waals surface area contributed by atoms with Crippen molar-refractivity contribution in [2.24, 2.45) is 5.84 Å². The Morgan fingerprint density at radius 3 is 2.76 bits per heavy atom. The Bertz CT molecular complexity index is 470. The molecule has 4 heteroatoms. The molecule has 0 radical (unpaired) electrons. The second-order valence-electron chi connectivity index (χ2n) is 3.98. The van der Waals surface area contributed by atoms with Crippen LogP contribution in [0.2, 0.25) is 0 Å². The summed E-state index contributed by atoms with van der Waals surface area (Å²) >= 11 is 0. The zero-order chi connectivity index (χ0) is 12.1. The van der Waals surface area contributed by atoms with E-state index in [2.05, 4.69) is 15.4 Å². The van der Waals surface area contributed by atoms with Crippen LogP contribution in [0.15, 0.2) is 42.7 Å². The molecule has 4 nitrogen and oxygen atoms in total. The number of hydrazine groups is 1. The van der Waals surface area contributed by atoms with Gasteiger partial charge in [-0.1, -0.05) is 6.07 Å². The quantitative estimate of drug-likeness (QED) is 0.615. The van der Waals surface area contributed by atoms with Gasteiger partial charge in [-0.25, -0.2) is 0 Å². The molecule has 0 bridgehead atoms. The minimum absolute atomic E-state index is 0.0617. The summed E-state index contributed by atoms with van der Waals surface area (Å²) in [7, 11) is 0. The van der Waals surface area contributed by atoms with Gasteiger partial charge < -0.3 is 0 Å². The van der Waals surface area contributed by atoms with Gasteiger partial charge in [-0.05, 0) is 36.8 Å². The first-order valence-corrected chi connectivity index (χ1v) is 5.58. The van der Waals surface area contributed by atoms with E-state index < -0.39 is 0 Å². The highest BCUT2D eigenvalue weighted by atomic mass is 15.2. The molecule has 2 rings (SSSR count). The minimum atomic E-state index is 0.0617. The van der Waals surface area contributed by atoms with Crippen molar-refractivity contribution in [3.05, 3.63) is 59.7 Å². The van der Waals surface area contributed by atoms with E-state index in [1.54, 1.807) is 12.4 Å². The summed E-state index contributed by atoms with van der Waals surface area (Å²) < 4.78 is 0. The van der Waals surface area contributed by atoms with Crippen molar-refractivity contribution in [3.8, 4) is 0 Å². The van der Waals surface area contributed by atoms with Crippen LogP contribution in [-0.4, -0.2) is 9.97 Å². The van der Waals surface area contributed by atoms with E-state index in [1.807, 2.05) is 37.3 Å². The van der Waals surface area contributed by atoms with Gasteiger partial charge in [-0.15, -0.1) is 0 Å². The van der Waals surface area contributed by atoms with Crippen LogP contribution in [0.4, 0.5) is 0 Å². The third-order valence-electron chi connectivity index (χ3n) is 2.66. The smallest absolute Gasteiger partial charge is 0.0516 e. The molecule has 0 aliphatic heterocycles. The average Bonchev–Trinajstić information content (AvgIpc) is 2.37. The lowest BCUT2D eigenvalue weighted by Crippen LogP contribution is -2.29. The number of aryl methyl sites for hydroxylation is 1. The van der Waals surface area contributed by atoms with Crippen molar-refractivity contribution in [2.45, 2.75) is 19.4 Å². The standard InChI is InChI=1S/C13H16N4/c1-10-8-11(5-7-15-10)13(17-14)9-12-4-2-3-6-16-12/h2-8,13,17H,9,14H2,1H3.